The van der Waals surface area contributed by atoms with Crippen LogP contribution in [0.3, 0.4) is 0 Å². The van der Waals surface area contributed by atoms with Gasteiger partial charge in [0.05, 0.1) is 17.1 Å². The summed E-state index contributed by atoms with van der Waals surface area (Å²) in [5, 5.41) is 9.85. The molecular formula is C12H16N2O3S. The summed E-state index contributed by atoms with van der Waals surface area (Å²) in [6.07, 6.45) is 2.13. The first-order valence-electron chi connectivity index (χ1n) is 5.97. The molecule has 1 amide bonds. The Bertz CT molecular complexity index is 470. The predicted molar refractivity (Wildman–Crippen MR) is 67.8 cm³/mol. The van der Waals surface area contributed by atoms with Gasteiger partial charge in [-0.05, 0) is 6.42 Å². The molecule has 1 N–H and O–H groups in total. The number of carboxylic acids is 1. The third-order valence-corrected chi connectivity index (χ3v) is 4.34. The van der Waals surface area contributed by atoms with Crippen molar-refractivity contribution >= 4 is 23.2 Å². The number of nitrogens with zero attached hydrogens (tertiary/aromatic N) is 2. The second-order valence-corrected chi connectivity index (χ2v) is 5.85. The molecule has 2 rings (SSSR count). The van der Waals surface area contributed by atoms with Gasteiger partial charge in [-0.2, -0.15) is 0 Å². The van der Waals surface area contributed by atoms with Gasteiger partial charge < -0.3 is 10.0 Å². The van der Waals surface area contributed by atoms with Crippen LogP contribution in [0.5, 0.6) is 0 Å². The Labute approximate surface area is 109 Å². The smallest absolute Gasteiger partial charge is 0.308 e. The molecular weight excluding hydrogens is 252 g/mol. The van der Waals surface area contributed by atoms with Crippen molar-refractivity contribution in [3.05, 3.63) is 16.1 Å². The number of aromatic nitrogens is 1. The molecule has 18 heavy (non-hydrogen) atoms. The molecule has 1 unspecified atom stereocenters. The largest absolute Gasteiger partial charge is 0.481 e. The minimum atomic E-state index is -0.822. The summed E-state index contributed by atoms with van der Waals surface area (Å²) in [7, 11) is 0. The van der Waals surface area contributed by atoms with E-state index in [0.717, 1.165) is 5.01 Å². The summed E-state index contributed by atoms with van der Waals surface area (Å²) < 4.78 is 0. The highest BCUT2D eigenvalue weighted by atomic mass is 32.1. The van der Waals surface area contributed by atoms with Gasteiger partial charge in [-0.25, -0.2) is 4.98 Å². The van der Waals surface area contributed by atoms with Crippen LogP contribution >= 0.6 is 11.3 Å². The molecule has 1 aromatic rings. The minimum Gasteiger partial charge on any atom is -0.481 e. The van der Waals surface area contributed by atoms with Crippen molar-refractivity contribution in [3.63, 3.8) is 0 Å². The second kappa shape index (κ2) is 5.06. The molecule has 1 saturated heterocycles. The first-order valence-corrected chi connectivity index (χ1v) is 6.78. The van der Waals surface area contributed by atoms with Crippen LogP contribution in [0.1, 0.15) is 40.9 Å². The number of aliphatic carboxylic acids is 1. The molecule has 6 heteroatoms. The van der Waals surface area contributed by atoms with Crippen molar-refractivity contribution in [1.82, 2.24) is 9.88 Å². The fourth-order valence-electron chi connectivity index (χ4n) is 1.96. The first-order chi connectivity index (χ1) is 8.49. The standard InChI is InChI=1S/C12H16N2O3S/c1-7(2)10-13-5-9(18-10)11(15)14-4-3-8(6-14)12(16)17/h5,7-8H,3-4,6H2,1-2H3,(H,16,17). The van der Waals surface area contributed by atoms with Crippen LogP contribution in [0, 0.1) is 5.92 Å². The van der Waals surface area contributed by atoms with E-state index in [-0.39, 0.29) is 5.91 Å². The first kappa shape index (κ1) is 13.0. The summed E-state index contributed by atoms with van der Waals surface area (Å²) in [6, 6.07) is 0. The lowest BCUT2D eigenvalue weighted by molar-refractivity contribution is -0.141. The summed E-state index contributed by atoms with van der Waals surface area (Å²) in [6.45, 7) is 4.89. The molecule has 1 aliphatic heterocycles. The van der Waals surface area contributed by atoms with Crippen molar-refractivity contribution in [2.24, 2.45) is 5.92 Å². The van der Waals surface area contributed by atoms with Crippen molar-refractivity contribution in [3.8, 4) is 0 Å². The average molecular weight is 268 g/mol. The molecule has 98 valence electrons. The van der Waals surface area contributed by atoms with Crippen molar-refractivity contribution < 1.29 is 14.7 Å². The number of likely N-dealkylation sites (tertiary alicyclic amines) is 1. The highest BCUT2D eigenvalue weighted by Crippen LogP contribution is 2.24. The lowest BCUT2D eigenvalue weighted by Crippen LogP contribution is -2.29. The molecule has 0 spiro atoms. The summed E-state index contributed by atoms with van der Waals surface area (Å²) in [4.78, 5) is 29.4. The van der Waals surface area contributed by atoms with E-state index in [9.17, 15) is 9.59 Å². The molecule has 2 heterocycles. The number of hydrogen-bond acceptors (Lipinski definition) is 4. The van der Waals surface area contributed by atoms with Crippen LogP contribution in [-0.2, 0) is 4.79 Å². The van der Waals surface area contributed by atoms with Crippen LogP contribution in [0.2, 0.25) is 0 Å². The normalized spacial score (nSPS) is 19.5. The number of rotatable bonds is 3. The quantitative estimate of drug-likeness (QED) is 0.907. The zero-order valence-electron chi connectivity index (χ0n) is 10.4. The predicted octanol–water partition coefficient (Wildman–Crippen LogP) is 1.81. The van der Waals surface area contributed by atoms with Crippen molar-refractivity contribution in [1.29, 1.82) is 0 Å². The molecule has 0 aromatic carbocycles. The molecule has 1 atom stereocenters. The van der Waals surface area contributed by atoms with E-state index in [1.165, 1.54) is 11.3 Å². The van der Waals surface area contributed by atoms with Crippen LogP contribution in [0.25, 0.3) is 0 Å². The zero-order chi connectivity index (χ0) is 13.3. The number of carboxylic acid groups (broad SMARTS) is 1. The van der Waals surface area contributed by atoms with Crippen LogP contribution < -0.4 is 0 Å². The molecule has 0 radical (unpaired) electrons. The fourth-order valence-corrected chi connectivity index (χ4v) is 2.84. The second-order valence-electron chi connectivity index (χ2n) is 4.79. The van der Waals surface area contributed by atoms with Gasteiger partial charge in [-0.3, -0.25) is 9.59 Å². The monoisotopic (exact) mass is 268 g/mol. The van der Waals surface area contributed by atoms with Gasteiger partial charge in [0.25, 0.3) is 5.91 Å². The minimum absolute atomic E-state index is 0.0943. The SMILES string of the molecule is CC(C)c1ncc(C(=O)N2CCC(C(=O)O)C2)s1. The Balaban J connectivity index is 2.05. The van der Waals surface area contributed by atoms with Gasteiger partial charge in [0.15, 0.2) is 0 Å². The zero-order valence-corrected chi connectivity index (χ0v) is 11.2. The van der Waals surface area contributed by atoms with Gasteiger partial charge in [0.1, 0.15) is 4.88 Å². The molecule has 1 fully saturated rings. The highest BCUT2D eigenvalue weighted by molar-refractivity contribution is 7.13. The van der Waals surface area contributed by atoms with Crippen LogP contribution in [-0.4, -0.2) is 40.0 Å². The number of hydrogen-bond donors (Lipinski definition) is 1. The molecule has 0 bridgehead atoms. The lowest BCUT2D eigenvalue weighted by Gasteiger charge is -2.13. The lowest BCUT2D eigenvalue weighted by atomic mass is 10.1. The Morgan fingerprint density at radius 1 is 1.56 bits per heavy atom. The Hall–Kier alpha value is -1.43. The van der Waals surface area contributed by atoms with Gasteiger partial charge in [0.2, 0.25) is 0 Å². The maximum atomic E-state index is 12.2. The van der Waals surface area contributed by atoms with Gasteiger partial charge in [0, 0.05) is 19.0 Å². The van der Waals surface area contributed by atoms with Crippen molar-refractivity contribution in [2.75, 3.05) is 13.1 Å². The van der Waals surface area contributed by atoms with E-state index in [2.05, 4.69) is 4.98 Å². The van der Waals surface area contributed by atoms with Gasteiger partial charge in [-0.15, -0.1) is 11.3 Å². The molecule has 0 saturated carbocycles. The van der Waals surface area contributed by atoms with E-state index in [0.29, 0.717) is 30.3 Å². The number of carbonyl (C=O) groups excluding carboxylic acids is 1. The summed E-state index contributed by atoms with van der Waals surface area (Å²) in [5.74, 6) is -1.03. The number of thiazole rings is 1. The maximum absolute atomic E-state index is 12.2. The van der Waals surface area contributed by atoms with E-state index < -0.39 is 11.9 Å². The van der Waals surface area contributed by atoms with E-state index in [1.807, 2.05) is 13.8 Å². The third kappa shape index (κ3) is 2.53. The summed E-state index contributed by atoms with van der Waals surface area (Å²) >= 11 is 1.40. The van der Waals surface area contributed by atoms with Crippen LogP contribution in [0.15, 0.2) is 6.20 Å². The Morgan fingerprint density at radius 2 is 2.28 bits per heavy atom. The number of carbonyl (C=O) groups is 2. The van der Waals surface area contributed by atoms with Gasteiger partial charge in [-0.1, -0.05) is 13.8 Å². The topological polar surface area (TPSA) is 70.5 Å². The summed E-state index contributed by atoms with van der Waals surface area (Å²) in [5.41, 5.74) is 0. The maximum Gasteiger partial charge on any atom is 0.308 e. The highest BCUT2D eigenvalue weighted by Gasteiger charge is 2.32. The van der Waals surface area contributed by atoms with Crippen LogP contribution in [0.4, 0.5) is 0 Å². The molecule has 5 nitrogen and oxygen atoms in total. The van der Waals surface area contributed by atoms with Crippen molar-refractivity contribution in [2.45, 2.75) is 26.2 Å². The Kier molecular flexibility index (Phi) is 3.65. The molecule has 0 aliphatic carbocycles. The Morgan fingerprint density at radius 3 is 2.78 bits per heavy atom. The fraction of sp³-hybridized carbons (Fsp3) is 0.583. The van der Waals surface area contributed by atoms with E-state index in [1.54, 1.807) is 11.1 Å². The number of amides is 1. The van der Waals surface area contributed by atoms with E-state index >= 15 is 0 Å². The third-order valence-electron chi connectivity index (χ3n) is 3.05. The van der Waals surface area contributed by atoms with Gasteiger partial charge >= 0.3 is 5.97 Å². The molecule has 1 aliphatic rings. The van der Waals surface area contributed by atoms with E-state index in [4.69, 9.17) is 5.11 Å². The molecule has 1 aromatic heterocycles. The average Bonchev–Trinajstić information content (AvgIpc) is 2.97.